The van der Waals surface area contributed by atoms with Crippen LogP contribution >= 0.6 is 11.8 Å². The summed E-state index contributed by atoms with van der Waals surface area (Å²) in [4.78, 5) is 253. The highest BCUT2D eigenvalue weighted by atomic mass is 32.2. The quantitative estimate of drug-likeness (QED) is 0.0166. The fourth-order valence-electron chi connectivity index (χ4n) is 16.4. The predicted octanol–water partition coefficient (Wildman–Crippen LogP) is -0.592. The second-order valence-corrected chi connectivity index (χ2v) is 36.2. The number of carbonyl (C=O) groups is 16. The second-order valence-electron chi connectivity index (χ2n) is 35.1. The van der Waals surface area contributed by atoms with Gasteiger partial charge in [-0.3, -0.25) is 82.1 Å². The fraction of sp³-hybridized carbons (Fsp3) is 0.543. The third kappa shape index (κ3) is 31.6. The van der Waals surface area contributed by atoms with Gasteiger partial charge < -0.3 is 121 Å². The topological polar surface area (TPSA) is 613 Å². The van der Waals surface area contributed by atoms with Crippen LogP contribution in [0.4, 0.5) is 0 Å². The van der Waals surface area contributed by atoms with Gasteiger partial charge in [-0.1, -0.05) is 134 Å². The molecule has 2 fully saturated rings. The van der Waals surface area contributed by atoms with Crippen molar-refractivity contribution in [2.45, 2.75) is 242 Å². The molecule has 16 amide bonds. The van der Waals surface area contributed by atoms with Gasteiger partial charge >= 0.3 is 0 Å². The van der Waals surface area contributed by atoms with Gasteiger partial charge in [-0.25, -0.2) is 4.98 Å². The first-order valence-electron chi connectivity index (χ1n) is 45.7. The van der Waals surface area contributed by atoms with Crippen molar-refractivity contribution in [2.75, 3.05) is 65.4 Å². The van der Waals surface area contributed by atoms with Crippen molar-refractivity contribution < 1.29 is 81.8 Å². The standard InChI is InChI=1S/C92H134N24O17S/c1-11-13-31-73-86(128)107-66(37-53(5)6)83(125)112-72(80(122)102-47-77(94)119)49-134-50-78(120)105-68(38-55-24-16-15-17-25-55)88(130)113(8)54(7)79(121)109-70(42-76(93)118)90(132)116-35-23-33-74(116)87(129)108-67(41-58-45-97-51-103-58)84(126)106-65(36-52(3)4)82(124)111-71(48-117)85(127)104-59(39-56-43-99-62-28-20-18-26-60(56)62)46-101-64(30-22-34-98-92(95)96)81(123)110-69(40-57-44-100-63-29-21-19-27-61(57)63)89(131)115(10)75(32-14-12-2)91(133)114(73)9/h15-21,24-29,43-45,51-54,59,64-75,99-101,117H,11-14,22-23,30-42,46-50H2,1-10H3,(H2,93,118)(H2,94,119)(H,97,103)(H,102,122)(H,104,127)(H,105,120)(H,106,126)(H,107,128)(H,108,129)(H,109,121)(H,110,123)(H,111,124)(H,112,125)(H4,95,96,98). The van der Waals surface area contributed by atoms with Gasteiger partial charge in [0.15, 0.2) is 5.96 Å². The van der Waals surface area contributed by atoms with Crippen LogP contribution in [0.3, 0.4) is 0 Å². The number of hydrogen-bond acceptors (Lipinski definition) is 21. The Hall–Kier alpha value is -13.0. The van der Waals surface area contributed by atoms with Crippen LogP contribution in [0.2, 0.25) is 0 Å². The summed E-state index contributed by atoms with van der Waals surface area (Å²) in [5.41, 5.74) is 20.6. The van der Waals surface area contributed by atoms with Crippen molar-refractivity contribution in [1.29, 1.82) is 5.41 Å². The summed E-state index contributed by atoms with van der Waals surface area (Å²) < 4.78 is 0. The van der Waals surface area contributed by atoms with E-state index >= 15 is 24.0 Å². The lowest BCUT2D eigenvalue weighted by Gasteiger charge is -2.36. The minimum Gasteiger partial charge on any atom is -0.394 e. The van der Waals surface area contributed by atoms with E-state index in [1.54, 1.807) is 70.4 Å². The van der Waals surface area contributed by atoms with Crippen molar-refractivity contribution in [2.24, 2.45) is 29.0 Å². The highest BCUT2D eigenvalue weighted by Gasteiger charge is 2.44. The smallest absolute Gasteiger partial charge is 0.246 e. The number of hydrogen-bond donors (Lipinski definition) is 20. The van der Waals surface area contributed by atoms with Crippen molar-refractivity contribution in [3.63, 3.8) is 0 Å². The summed E-state index contributed by atoms with van der Waals surface area (Å²) in [5, 5.41) is 54.0. The van der Waals surface area contributed by atoms with Gasteiger partial charge in [0, 0.05) is 118 Å². The van der Waals surface area contributed by atoms with Crippen LogP contribution in [0.1, 0.15) is 154 Å². The highest BCUT2D eigenvalue weighted by molar-refractivity contribution is 8.00. The molecule has 14 atom stereocenters. The molecule has 14 unspecified atom stereocenters. The van der Waals surface area contributed by atoms with Crippen molar-refractivity contribution >= 4 is 134 Å². The number of likely N-dealkylation sites (N-methyl/N-ethyl adjacent to an activating group) is 3. The summed E-state index contributed by atoms with van der Waals surface area (Å²) >= 11 is 0.839. The van der Waals surface area contributed by atoms with Gasteiger partial charge in [0.1, 0.15) is 72.5 Å². The van der Waals surface area contributed by atoms with Crippen molar-refractivity contribution in [1.82, 2.24) is 103 Å². The molecule has 41 nitrogen and oxygen atoms in total. The number of benzene rings is 3. The van der Waals surface area contributed by atoms with Crippen LogP contribution in [0, 0.1) is 17.2 Å². The van der Waals surface area contributed by atoms with E-state index in [0.717, 1.165) is 37.9 Å². The number of aromatic nitrogens is 4. The van der Waals surface area contributed by atoms with Crippen molar-refractivity contribution in [3.05, 3.63) is 126 Å². The lowest BCUT2D eigenvalue weighted by Crippen LogP contribution is -2.61. The Labute approximate surface area is 783 Å². The number of nitrogens with two attached hydrogens (primary N) is 3. The third-order valence-corrected chi connectivity index (χ3v) is 24.8. The third-order valence-electron chi connectivity index (χ3n) is 23.8. The number of aliphatic hydroxyl groups excluding tert-OH is 1. The van der Waals surface area contributed by atoms with E-state index in [0.29, 0.717) is 53.6 Å². The van der Waals surface area contributed by atoms with E-state index < -0.39 is 204 Å². The Morgan fingerprint density at radius 3 is 1.67 bits per heavy atom. The number of carbonyl (C=O) groups excluding carboxylic acids is 16. The van der Waals surface area contributed by atoms with E-state index in [1.165, 1.54) is 50.4 Å². The van der Waals surface area contributed by atoms with Gasteiger partial charge in [-0.05, 0) is 105 Å². The Kier molecular flexibility index (Phi) is 41.6. The van der Waals surface area contributed by atoms with Crippen LogP contribution in [-0.2, 0) is 102 Å². The zero-order chi connectivity index (χ0) is 98.0. The summed E-state index contributed by atoms with van der Waals surface area (Å²) in [7, 11) is 4.13. The van der Waals surface area contributed by atoms with Gasteiger partial charge in [0.05, 0.1) is 37.7 Å². The number of unbranched alkanes of at least 4 members (excludes halogenated alkanes) is 2. The van der Waals surface area contributed by atoms with E-state index in [1.807, 2.05) is 62.4 Å². The molecule has 2 aliphatic heterocycles. The molecule has 8 rings (SSSR count). The maximum absolute atomic E-state index is 15.9. The Bertz CT molecular complexity index is 5030. The van der Waals surface area contributed by atoms with Crippen molar-refractivity contribution in [3.8, 4) is 0 Å². The molecule has 730 valence electrons. The molecule has 3 aromatic heterocycles. The zero-order valence-corrected chi connectivity index (χ0v) is 78.7. The summed E-state index contributed by atoms with van der Waals surface area (Å²) in [6, 6.07) is 3.53. The normalized spacial score (nSPS) is 23.9. The average molecular weight is 1880 g/mol. The van der Waals surface area contributed by atoms with Crippen LogP contribution in [0.5, 0.6) is 0 Å². The molecule has 2 saturated heterocycles. The SMILES string of the molecule is CCCCC1C(=O)N(C)C(CCCC)C(=O)NC(CC(C)C)C(=O)NC(C(=O)NCC(N)=O)CSCC(=O)NC(Cc2ccccc2)C(=O)N(C)C(C)C(=O)NC(CC(N)=O)C(=O)N2CCCC2C(=O)NC(Cc2cnc[nH]2)C(=O)NC(CC(C)C)C(=O)NC(CO)C(=O)NC(Cc2c[nH]c3ccccc23)CNC(CCCNC(=N)N)C(=O)NC(Cc2c[nH]c3ccccc23)C(=O)N1C. The van der Waals surface area contributed by atoms with Crippen LogP contribution in [0.15, 0.2) is 104 Å². The number of imidazole rings is 1. The summed E-state index contributed by atoms with van der Waals surface area (Å²) in [5.74, 6) is -15.4. The Morgan fingerprint density at radius 1 is 0.537 bits per heavy atom. The monoisotopic (exact) mass is 1880 g/mol. The number of rotatable bonds is 28. The molecule has 6 aromatic rings. The molecule has 0 bridgehead atoms. The predicted molar refractivity (Wildman–Crippen MR) is 503 cm³/mol. The van der Waals surface area contributed by atoms with Crippen LogP contribution < -0.4 is 81.0 Å². The molecule has 5 heterocycles. The first-order valence-corrected chi connectivity index (χ1v) is 46.8. The zero-order valence-electron chi connectivity index (χ0n) is 77.9. The number of aliphatic hydroxyl groups is 1. The minimum atomic E-state index is -1.73. The molecular weight excluding hydrogens is 1750 g/mol. The number of amides is 16. The first-order chi connectivity index (χ1) is 63.9. The van der Waals surface area contributed by atoms with Gasteiger partial charge in [0.25, 0.3) is 0 Å². The molecule has 2 aliphatic rings. The molecule has 0 radical (unpaired) electrons. The molecular formula is C92H134N24O17S. The summed E-state index contributed by atoms with van der Waals surface area (Å²) in [6.45, 7) is 10.4. The Balaban J connectivity index is 1.20. The van der Waals surface area contributed by atoms with E-state index in [2.05, 4.69) is 83.7 Å². The molecule has 3 aromatic carbocycles. The average Bonchev–Trinajstić information content (AvgIpc) is 1.52. The lowest BCUT2D eigenvalue weighted by atomic mass is 9.99. The highest BCUT2D eigenvalue weighted by Crippen LogP contribution is 2.26. The number of primary amides is 2. The molecule has 23 N–H and O–H groups in total. The molecule has 42 heteroatoms. The first kappa shape index (κ1) is 106. The fourth-order valence-corrected chi connectivity index (χ4v) is 17.2. The van der Waals surface area contributed by atoms with Crippen LogP contribution in [-0.4, -0.2) is 295 Å². The molecule has 0 spiro atoms. The van der Waals surface area contributed by atoms with Gasteiger partial charge in [-0.15, -0.1) is 11.8 Å². The van der Waals surface area contributed by atoms with Gasteiger partial charge in [0.2, 0.25) is 94.5 Å². The maximum Gasteiger partial charge on any atom is 0.246 e. The van der Waals surface area contributed by atoms with Gasteiger partial charge in [-0.2, -0.15) is 0 Å². The summed E-state index contributed by atoms with van der Waals surface area (Å²) in [6.07, 6.45) is 7.34. The number of guanidine groups is 1. The number of fused-ring (bicyclic) bond motifs is 3. The van der Waals surface area contributed by atoms with Crippen LogP contribution in [0.25, 0.3) is 21.8 Å². The molecule has 0 saturated carbocycles. The number of nitrogens with zero attached hydrogens (tertiary/aromatic N) is 5. The minimum absolute atomic E-state index is 0.0152. The number of aromatic amines is 3. The van der Waals surface area contributed by atoms with E-state index in [9.17, 15) is 57.8 Å². The number of H-pyrrole nitrogens is 3. The van der Waals surface area contributed by atoms with E-state index in [4.69, 9.17) is 22.6 Å². The molecule has 0 aliphatic carbocycles. The lowest BCUT2D eigenvalue weighted by molar-refractivity contribution is -0.149. The number of nitrogens with one attached hydrogen (secondary N) is 16. The second kappa shape index (κ2) is 52.5. The Morgan fingerprint density at radius 2 is 1.07 bits per heavy atom. The van der Waals surface area contributed by atoms with E-state index in [-0.39, 0.29) is 120 Å². The number of para-hydroxylation sites is 2. The number of thioether (sulfide) groups is 1. The largest absolute Gasteiger partial charge is 0.394 e. The molecule has 134 heavy (non-hydrogen) atoms. The maximum atomic E-state index is 15.9.